The number of nitrogens with zero attached hydrogens (tertiary/aromatic N) is 1. The summed E-state index contributed by atoms with van der Waals surface area (Å²) in [6.45, 7) is 4.42. The number of benzene rings is 3. The zero-order valence-corrected chi connectivity index (χ0v) is 19.5. The third-order valence-electron chi connectivity index (χ3n) is 6.02. The van der Waals surface area contributed by atoms with Gasteiger partial charge in [-0.15, -0.1) is 0 Å². The van der Waals surface area contributed by atoms with Crippen molar-refractivity contribution in [2.24, 2.45) is 5.92 Å². The zero-order chi connectivity index (χ0) is 23.8. The molecule has 2 amide bonds. The van der Waals surface area contributed by atoms with Crippen LogP contribution in [0, 0.1) is 5.92 Å². The molecule has 1 aliphatic heterocycles. The Morgan fingerprint density at radius 1 is 0.912 bits per heavy atom. The molecule has 3 aromatic rings. The van der Waals surface area contributed by atoms with Crippen molar-refractivity contribution in [3.8, 4) is 5.75 Å². The van der Waals surface area contributed by atoms with Gasteiger partial charge in [0.15, 0.2) is 0 Å². The average Bonchev–Trinajstić information content (AvgIpc) is 2.88. The smallest absolute Gasteiger partial charge is 0.253 e. The Balaban J connectivity index is 1.24. The number of rotatable bonds is 8. The molecule has 1 aliphatic rings. The summed E-state index contributed by atoms with van der Waals surface area (Å²) in [6, 6.07) is 24.7. The first-order valence-electron chi connectivity index (χ1n) is 11.8. The van der Waals surface area contributed by atoms with Crippen LogP contribution in [0.4, 0.5) is 11.4 Å². The van der Waals surface area contributed by atoms with Crippen LogP contribution in [0.5, 0.6) is 5.75 Å². The Morgan fingerprint density at radius 2 is 1.65 bits per heavy atom. The maximum atomic E-state index is 12.8. The minimum absolute atomic E-state index is 0.0238. The fraction of sp³-hybridized carbons (Fsp3) is 0.286. The van der Waals surface area contributed by atoms with E-state index in [1.807, 2.05) is 59.5 Å². The van der Waals surface area contributed by atoms with Crippen molar-refractivity contribution in [2.75, 3.05) is 30.3 Å². The van der Waals surface area contributed by atoms with Crippen LogP contribution in [-0.2, 0) is 11.4 Å². The van der Waals surface area contributed by atoms with Gasteiger partial charge in [0.05, 0.1) is 6.54 Å². The third-order valence-corrected chi connectivity index (χ3v) is 6.02. The Morgan fingerprint density at radius 3 is 2.38 bits per heavy atom. The first-order valence-corrected chi connectivity index (χ1v) is 11.8. The van der Waals surface area contributed by atoms with Gasteiger partial charge in [-0.25, -0.2) is 0 Å². The molecule has 0 unspecified atom stereocenters. The number of carbonyl (C=O) groups excluding carboxylic acids is 2. The predicted molar refractivity (Wildman–Crippen MR) is 135 cm³/mol. The van der Waals surface area contributed by atoms with Gasteiger partial charge < -0.3 is 20.3 Å². The van der Waals surface area contributed by atoms with E-state index in [2.05, 4.69) is 17.6 Å². The second-order valence-electron chi connectivity index (χ2n) is 8.76. The van der Waals surface area contributed by atoms with Gasteiger partial charge in [-0.3, -0.25) is 9.59 Å². The Bertz CT molecular complexity index is 1090. The molecule has 176 valence electrons. The number of carbonyl (C=O) groups is 2. The van der Waals surface area contributed by atoms with Crippen molar-refractivity contribution in [1.29, 1.82) is 0 Å². The van der Waals surface area contributed by atoms with Gasteiger partial charge in [-0.2, -0.15) is 0 Å². The highest BCUT2D eigenvalue weighted by Crippen LogP contribution is 2.20. The lowest BCUT2D eigenvalue weighted by Crippen LogP contribution is -2.37. The van der Waals surface area contributed by atoms with Crippen LogP contribution in [-0.4, -0.2) is 36.3 Å². The van der Waals surface area contributed by atoms with E-state index in [0.717, 1.165) is 42.9 Å². The molecule has 1 fully saturated rings. The molecule has 0 saturated carbocycles. The molecular formula is C28H31N3O3. The second kappa shape index (κ2) is 11.4. The summed E-state index contributed by atoms with van der Waals surface area (Å²) >= 11 is 0. The average molecular weight is 458 g/mol. The molecule has 0 atom stereocenters. The first-order chi connectivity index (χ1) is 16.6. The largest absolute Gasteiger partial charge is 0.489 e. The van der Waals surface area contributed by atoms with E-state index in [1.165, 1.54) is 0 Å². The molecule has 2 N–H and O–H groups in total. The van der Waals surface area contributed by atoms with Crippen molar-refractivity contribution in [1.82, 2.24) is 4.90 Å². The number of amides is 2. The van der Waals surface area contributed by atoms with Crippen LogP contribution in [0.1, 0.15) is 35.7 Å². The molecule has 6 heteroatoms. The Kier molecular flexibility index (Phi) is 7.81. The summed E-state index contributed by atoms with van der Waals surface area (Å²) in [4.78, 5) is 27.1. The Labute approximate surface area is 200 Å². The molecule has 1 saturated heterocycles. The second-order valence-corrected chi connectivity index (χ2v) is 8.76. The van der Waals surface area contributed by atoms with E-state index >= 15 is 0 Å². The molecule has 0 aliphatic carbocycles. The molecular weight excluding hydrogens is 426 g/mol. The SMILES string of the molecule is CC1CCN(C(=O)c2cccc(NC(=O)CNc3ccc(OCc4ccccc4)cc3)c2)CC1. The summed E-state index contributed by atoms with van der Waals surface area (Å²) in [5.74, 6) is 1.28. The van der Waals surface area contributed by atoms with Crippen LogP contribution in [0.25, 0.3) is 0 Å². The van der Waals surface area contributed by atoms with Gasteiger partial charge in [-0.05, 0) is 66.8 Å². The maximum Gasteiger partial charge on any atom is 0.253 e. The zero-order valence-electron chi connectivity index (χ0n) is 19.5. The fourth-order valence-corrected chi connectivity index (χ4v) is 3.92. The number of likely N-dealkylation sites (tertiary alicyclic amines) is 1. The van der Waals surface area contributed by atoms with Crippen molar-refractivity contribution in [2.45, 2.75) is 26.4 Å². The predicted octanol–water partition coefficient (Wildman–Crippen LogP) is 5.19. The van der Waals surface area contributed by atoms with Gasteiger partial charge in [0.25, 0.3) is 5.91 Å². The standard InChI is InChI=1S/C28H31N3O3/c1-21-14-16-31(17-15-21)28(33)23-8-5-9-25(18-23)30-27(32)19-29-24-10-12-26(13-11-24)34-20-22-6-3-2-4-7-22/h2-13,18,21,29H,14-17,19-20H2,1H3,(H,30,32). The lowest BCUT2D eigenvalue weighted by Gasteiger charge is -2.30. The van der Waals surface area contributed by atoms with Crippen molar-refractivity contribution >= 4 is 23.2 Å². The van der Waals surface area contributed by atoms with Crippen LogP contribution in [0.3, 0.4) is 0 Å². The van der Waals surface area contributed by atoms with Crippen LogP contribution >= 0.6 is 0 Å². The molecule has 6 nitrogen and oxygen atoms in total. The topological polar surface area (TPSA) is 70.7 Å². The van der Waals surface area contributed by atoms with E-state index in [-0.39, 0.29) is 18.4 Å². The molecule has 0 spiro atoms. The summed E-state index contributed by atoms with van der Waals surface area (Å²) in [6.07, 6.45) is 2.07. The monoisotopic (exact) mass is 457 g/mol. The van der Waals surface area contributed by atoms with Gasteiger partial charge in [0.2, 0.25) is 5.91 Å². The van der Waals surface area contributed by atoms with E-state index in [0.29, 0.717) is 23.8 Å². The number of anilines is 2. The third kappa shape index (κ3) is 6.61. The van der Waals surface area contributed by atoms with Gasteiger partial charge >= 0.3 is 0 Å². The molecule has 1 heterocycles. The summed E-state index contributed by atoms with van der Waals surface area (Å²) in [5, 5.41) is 5.99. The lowest BCUT2D eigenvalue weighted by molar-refractivity contribution is -0.114. The summed E-state index contributed by atoms with van der Waals surface area (Å²) in [5.41, 5.74) is 3.15. The van der Waals surface area contributed by atoms with E-state index < -0.39 is 0 Å². The van der Waals surface area contributed by atoms with Crippen LogP contribution in [0.15, 0.2) is 78.9 Å². The van der Waals surface area contributed by atoms with Gasteiger partial charge in [-0.1, -0.05) is 43.3 Å². The minimum Gasteiger partial charge on any atom is -0.489 e. The minimum atomic E-state index is -0.180. The van der Waals surface area contributed by atoms with Crippen molar-refractivity contribution < 1.29 is 14.3 Å². The first kappa shape index (κ1) is 23.4. The highest BCUT2D eigenvalue weighted by molar-refractivity contribution is 5.98. The summed E-state index contributed by atoms with van der Waals surface area (Å²) < 4.78 is 5.79. The quantitative estimate of drug-likeness (QED) is 0.488. The van der Waals surface area contributed by atoms with Gasteiger partial charge in [0.1, 0.15) is 12.4 Å². The molecule has 4 rings (SSSR count). The molecule has 3 aromatic carbocycles. The van der Waals surface area contributed by atoms with Gasteiger partial charge in [0, 0.05) is 30.0 Å². The van der Waals surface area contributed by atoms with E-state index in [4.69, 9.17) is 4.74 Å². The number of piperidine rings is 1. The molecule has 0 radical (unpaired) electrons. The molecule has 0 aromatic heterocycles. The number of hydrogen-bond donors (Lipinski definition) is 2. The van der Waals surface area contributed by atoms with Crippen molar-refractivity contribution in [3.05, 3.63) is 90.0 Å². The number of ether oxygens (including phenoxy) is 1. The maximum absolute atomic E-state index is 12.8. The number of nitrogens with one attached hydrogen (secondary N) is 2. The Hall–Kier alpha value is -3.80. The summed E-state index contributed by atoms with van der Waals surface area (Å²) in [7, 11) is 0. The fourth-order valence-electron chi connectivity index (χ4n) is 3.92. The van der Waals surface area contributed by atoms with E-state index in [9.17, 15) is 9.59 Å². The molecule has 34 heavy (non-hydrogen) atoms. The highest BCUT2D eigenvalue weighted by Gasteiger charge is 2.21. The van der Waals surface area contributed by atoms with E-state index in [1.54, 1.807) is 24.3 Å². The number of hydrogen-bond acceptors (Lipinski definition) is 4. The van der Waals surface area contributed by atoms with Crippen molar-refractivity contribution in [3.63, 3.8) is 0 Å². The lowest BCUT2D eigenvalue weighted by atomic mass is 9.98. The normalized spacial score (nSPS) is 13.9. The van der Waals surface area contributed by atoms with Crippen LogP contribution in [0.2, 0.25) is 0 Å². The molecule has 0 bridgehead atoms. The highest BCUT2D eigenvalue weighted by atomic mass is 16.5. The van der Waals surface area contributed by atoms with Crippen LogP contribution < -0.4 is 15.4 Å².